The molecule has 1 aromatic heterocycles. The molecule has 0 amide bonds. The van der Waals surface area contributed by atoms with E-state index in [9.17, 15) is 12.8 Å². The van der Waals surface area contributed by atoms with Crippen molar-refractivity contribution < 1.29 is 17.3 Å². The highest BCUT2D eigenvalue weighted by Crippen LogP contribution is 2.29. The number of halogens is 1. The Bertz CT molecular complexity index is 884. The molecule has 0 N–H and O–H groups in total. The molecule has 1 saturated heterocycles. The van der Waals surface area contributed by atoms with Crippen LogP contribution in [0.5, 0.6) is 0 Å². The summed E-state index contributed by atoms with van der Waals surface area (Å²) in [7, 11) is -3.96. The Morgan fingerprint density at radius 1 is 1.30 bits per heavy atom. The van der Waals surface area contributed by atoms with Crippen LogP contribution < -0.4 is 0 Å². The van der Waals surface area contributed by atoms with Crippen LogP contribution >= 0.6 is 0 Å². The standard InChI is InChI=1S/C18H25FN4O3S/c1-13(2)11-22-9-6-10-23(12-16(22)18-20-14(3)21-26-18)27(24,25)17-8-5-4-7-15(17)19/h4-5,7-8,13,16H,6,9-12H2,1-3H3. The quantitative estimate of drug-likeness (QED) is 0.773. The molecule has 1 unspecified atom stereocenters. The molecular formula is C18H25FN4O3S. The minimum absolute atomic E-state index is 0.144. The fourth-order valence-corrected chi connectivity index (χ4v) is 4.94. The van der Waals surface area contributed by atoms with Gasteiger partial charge in [0.25, 0.3) is 0 Å². The lowest BCUT2D eigenvalue weighted by Crippen LogP contribution is -2.39. The topological polar surface area (TPSA) is 79.5 Å². The molecule has 27 heavy (non-hydrogen) atoms. The third-order valence-electron chi connectivity index (χ3n) is 4.55. The number of sulfonamides is 1. The van der Waals surface area contributed by atoms with Gasteiger partial charge in [0, 0.05) is 26.2 Å². The van der Waals surface area contributed by atoms with E-state index in [4.69, 9.17) is 4.52 Å². The Kier molecular flexibility index (Phi) is 5.92. The highest BCUT2D eigenvalue weighted by molar-refractivity contribution is 7.89. The van der Waals surface area contributed by atoms with E-state index >= 15 is 0 Å². The molecule has 0 aliphatic carbocycles. The SMILES string of the molecule is Cc1noc(C2CN(S(=O)(=O)c3ccccc3F)CCCN2CC(C)C)n1. The van der Waals surface area contributed by atoms with Gasteiger partial charge in [-0.15, -0.1) is 0 Å². The minimum Gasteiger partial charge on any atom is -0.338 e. The van der Waals surface area contributed by atoms with E-state index in [1.54, 1.807) is 6.92 Å². The first-order valence-electron chi connectivity index (χ1n) is 9.08. The van der Waals surface area contributed by atoms with Crippen LogP contribution in [-0.4, -0.2) is 53.9 Å². The number of nitrogens with zero attached hydrogens (tertiary/aromatic N) is 4. The van der Waals surface area contributed by atoms with Crippen molar-refractivity contribution in [1.29, 1.82) is 0 Å². The van der Waals surface area contributed by atoms with Crippen molar-refractivity contribution in [3.63, 3.8) is 0 Å². The monoisotopic (exact) mass is 396 g/mol. The van der Waals surface area contributed by atoms with Crippen LogP contribution in [0.25, 0.3) is 0 Å². The van der Waals surface area contributed by atoms with Crippen LogP contribution in [0.1, 0.15) is 38.0 Å². The van der Waals surface area contributed by atoms with E-state index in [-0.39, 0.29) is 17.5 Å². The summed E-state index contributed by atoms with van der Waals surface area (Å²) in [6.07, 6.45) is 0.643. The summed E-state index contributed by atoms with van der Waals surface area (Å²) in [5, 5.41) is 3.85. The Hall–Kier alpha value is -1.84. The maximum Gasteiger partial charge on any atom is 0.246 e. The molecule has 2 heterocycles. The lowest BCUT2D eigenvalue weighted by molar-refractivity contribution is 0.146. The van der Waals surface area contributed by atoms with E-state index in [0.717, 1.165) is 12.6 Å². The molecule has 1 aliphatic rings. The number of aromatic nitrogens is 2. The van der Waals surface area contributed by atoms with E-state index in [0.29, 0.717) is 37.1 Å². The summed E-state index contributed by atoms with van der Waals surface area (Å²) >= 11 is 0. The molecule has 0 saturated carbocycles. The zero-order valence-corrected chi connectivity index (χ0v) is 16.6. The summed E-state index contributed by atoms with van der Waals surface area (Å²) in [5.74, 6) is 0.545. The molecule has 0 spiro atoms. The van der Waals surface area contributed by atoms with Crippen molar-refractivity contribution in [2.24, 2.45) is 5.92 Å². The summed E-state index contributed by atoms with van der Waals surface area (Å²) in [5.41, 5.74) is 0. The molecule has 1 aliphatic heterocycles. The van der Waals surface area contributed by atoms with Crippen LogP contribution in [0.3, 0.4) is 0 Å². The largest absolute Gasteiger partial charge is 0.338 e. The minimum atomic E-state index is -3.96. The summed E-state index contributed by atoms with van der Waals surface area (Å²) in [6, 6.07) is 5.10. The maximum atomic E-state index is 14.2. The van der Waals surface area contributed by atoms with Gasteiger partial charge in [-0.25, -0.2) is 12.8 Å². The Balaban J connectivity index is 1.95. The third-order valence-corrected chi connectivity index (χ3v) is 6.45. The molecule has 7 nitrogen and oxygen atoms in total. The van der Waals surface area contributed by atoms with Gasteiger partial charge in [0.15, 0.2) is 5.82 Å². The molecule has 3 rings (SSSR count). The normalized spacial score (nSPS) is 20.1. The maximum absolute atomic E-state index is 14.2. The van der Waals surface area contributed by atoms with Crippen LogP contribution in [0, 0.1) is 18.7 Å². The van der Waals surface area contributed by atoms with Crippen molar-refractivity contribution in [2.75, 3.05) is 26.2 Å². The van der Waals surface area contributed by atoms with Crippen LogP contribution in [0.4, 0.5) is 4.39 Å². The van der Waals surface area contributed by atoms with E-state index in [1.807, 2.05) is 0 Å². The number of aryl methyl sites for hydroxylation is 1. The first-order chi connectivity index (χ1) is 12.8. The number of hydrogen-bond acceptors (Lipinski definition) is 6. The van der Waals surface area contributed by atoms with Crippen LogP contribution in [0.15, 0.2) is 33.7 Å². The second-order valence-electron chi connectivity index (χ2n) is 7.23. The number of rotatable bonds is 5. The van der Waals surface area contributed by atoms with E-state index in [1.165, 1.54) is 22.5 Å². The smallest absolute Gasteiger partial charge is 0.246 e. The number of benzene rings is 1. The second kappa shape index (κ2) is 8.04. The van der Waals surface area contributed by atoms with Gasteiger partial charge in [0.05, 0.1) is 0 Å². The highest BCUT2D eigenvalue weighted by Gasteiger charge is 2.36. The van der Waals surface area contributed by atoms with Crippen molar-refractivity contribution in [3.05, 3.63) is 41.8 Å². The van der Waals surface area contributed by atoms with Crippen LogP contribution in [0.2, 0.25) is 0 Å². The fourth-order valence-electron chi connectivity index (χ4n) is 3.39. The second-order valence-corrected chi connectivity index (χ2v) is 9.14. The molecule has 1 atom stereocenters. The van der Waals surface area contributed by atoms with Gasteiger partial charge in [0.1, 0.15) is 16.8 Å². The predicted molar refractivity (Wildman–Crippen MR) is 98.0 cm³/mol. The highest BCUT2D eigenvalue weighted by atomic mass is 32.2. The van der Waals surface area contributed by atoms with Gasteiger partial charge >= 0.3 is 0 Å². The summed E-state index contributed by atoms with van der Waals surface area (Å²) in [4.78, 5) is 6.20. The lowest BCUT2D eigenvalue weighted by atomic mass is 10.1. The average molecular weight is 396 g/mol. The van der Waals surface area contributed by atoms with Gasteiger partial charge in [-0.2, -0.15) is 9.29 Å². The fraction of sp³-hybridized carbons (Fsp3) is 0.556. The molecule has 1 aromatic carbocycles. The molecule has 0 bridgehead atoms. The Labute approximate surface area is 159 Å². The third kappa shape index (κ3) is 4.36. The molecule has 1 fully saturated rings. The zero-order valence-electron chi connectivity index (χ0n) is 15.8. The number of hydrogen-bond donors (Lipinski definition) is 0. The average Bonchev–Trinajstić information content (AvgIpc) is 2.91. The van der Waals surface area contributed by atoms with Gasteiger partial charge in [-0.05, 0) is 31.4 Å². The first-order valence-corrected chi connectivity index (χ1v) is 10.5. The summed E-state index contributed by atoms with van der Waals surface area (Å²) in [6.45, 7) is 7.88. The molecule has 0 radical (unpaired) electrons. The van der Waals surface area contributed by atoms with Gasteiger partial charge in [-0.3, -0.25) is 4.90 Å². The lowest BCUT2D eigenvalue weighted by Gasteiger charge is -2.30. The van der Waals surface area contributed by atoms with Crippen molar-refractivity contribution >= 4 is 10.0 Å². The van der Waals surface area contributed by atoms with Gasteiger partial charge in [0.2, 0.25) is 15.9 Å². The van der Waals surface area contributed by atoms with Crippen molar-refractivity contribution in [3.8, 4) is 0 Å². The van der Waals surface area contributed by atoms with Gasteiger partial charge in [-0.1, -0.05) is 31.1 Å². The van der Waals surface area contributed by atoms with E-state index < -0.39 is 15.8 Å². The summed E-state index contributed by atoms with van der Waals surface area (Å²) < 4.78 is 47.0. The van der Waals surface area contributed by atoms with Gasteiger partial charge < -0.3 is 4.52 Å². The zero-order chi connectivity index (χ0) is 19.6. The molecule has 2 aromatic rings. The Morgan fingerprint density at radius 3 is 2.67 bits per heavy atom. The first kappa shape index (κ1) is 19.9. The van der Waals surface area contributed by atoms with Crippen molar-refractivity contribution in [2.45, 2.75) is 38.1 Å². The Morgan fingerprint density at radius 2 is 2.04 bits per heavy atom. The predicted octanol–water partition coefficient (Wildman–Crippen LogP) is 2.61. The molecule has 9 heteroatoms. The molecular weight excluding hydrogens is 371 g/mol. The van der Waals surface area contributed by atoms with E-state index in [2.05, 4.69) is 28.9 Å². The molecule has 148 valence electrons. The van der Waals surface area contributed by atoms with Crippen LogP contribution in [-0.2, 0) is 10.0 Å². The van der Waals surface area contributed by atoms with Crippen molar-refractivity contribution in [1.82, 2.24) is 19.3 Å².